The SMILES string of the molecule is CCCCOc1ccc(-c2nc3cc(S(=O)(=O)c4ccc5oc(-c6ccc(OCCCC)cc6)nc5c4)ccc3o2)cc1. The maximum absolute atomic E-state index is 13.6. The molecule has 0 atom stereocenters. The van der Waals surface area contributed by atoms with Gasteiger partial charge < -0.3 is 18.3 Å². The fraction of sp³-hybridized carbons (Fsp3) is 0.235. The zero-order chi connectivity index (χ0) is 29.8. The van der Waals surface area contributed by atoms with Gasteiger partial charge >= 0.3 is 0 Å². The Hall–Kier alpha value is -4.63. The van der Waals surface area contributed by atoms with Gasteiger partial charge in [-0.1, -0.05) is 26.7 Å². The van der Waals surface area contributed by atoms with Crippen molar-refractivity contribution in [2.24, 2.45) is 0 Å². The zero-order valence-electron chi connectivity index (χ0n) is 24.1. The minimum atomic E-state index is -3.86. The van der Waals surface area contributed by atoms with Gasteiger partial charge in [-0.25, -0.2) is 18.4 Å². The van der Waals surface area contributed by atoms with Crippen molar-refractivity contribution in [3.63, 3.8) is 0 Å². The van der Waals surface area contributed by atoms with E-state index in [-0.39, 0.29) is 9.79 Å². The molecule has 0 amide bonds. The third-order valence-corrected chi connectivity index (χ3v) is 8.82. The molecule has 0 aliphatic heterocycles. The number of aromatic nitrogens is 2. The lowest BCUT2D eigenvalue weighted by atomic mass is 10.2. The van der Waals surface area contributed by atoms with Gasteiger partial charge in [0.25, 0.3) is 0 Å². The van der Waals surface area contributed by atoms with Gasteiger partial charge in [0.2, 0.25) is 21.6 Å². The van der Waals surface area contributed by atoms with Crippen molar-refractivity contribution in [2.75, 3.05) is 13.2 Å². The van der Waals surface area contributed by atoms with Crippen molar-refractivity contribution in [3.8, 4) is 34.4 Å². The Kier molecular flexibility index (Phi) is 8.16. The second-order valence-corrected chi connectivity index (χ2v) is 12.2. The van der Waals surface area contributed by atoms with Crippen molar-refractivity contribution in [1.82, 2.24) is 9.97 Å². The lowest BCUT2D eigenvalue weighted by molar-refractivity contribution is 0.309. The standard InChI is InChI=1S/C34H32N2O6S/c1-3-5-19-39-25-11-7-23(8-12-25)33-35-29-21-27(15-17-31(29)41-33)43(37,38)28-16-18-32-30(22-28)36-34(42-32)24-9-13-26(14-10-24)40-20-6-4-2/h7-18,21-22H,3-6,19-20H2,1-2H3. The monoisotopic (exact) mass is 596 g/mol. The highest BCUT2D eigenvalue weighted by atomic mass is 32.2. The Morgan fingerprint density at radius 1 is 0.605 bits per heavy atom. The maximum atomic E-state index is 13.6. The van der Waals surface area contributed by atoms with Crippen LogP contribution in [0, 0.1) is 0 Å². The molecule has 8 nitrogen and oxygen atoms in total. The molecule has 4 aromatic carbocycles. The highest BCUT2D eigenvalue weighted by Crippen LogP contribution is 2.32. The molecular formula is C34H32N2O6S. The van der Waals surface area contributed by atoms with Gasteiger partial charge in [-0.15, -0.1) is 0 Å². The smallest absolute Gasteiger partial charge is 0.227 e. The summed E-state index contributed by atoms with van der Waals surface area (Å²) in [5, 5.41) is 0. The van der Waals surface area contributed by atoms with E-state index in [9.17, 15) is 8.42 Å². The largest absolute Gasteiger partial charge is 0.494 e. The van der Waals surface area contributed by atoms with Crippen LogP contribution in [-0.2, 0) is 9.84 Å². The van der Waals surface area contributed by atoms with Crippen LogP contribution in [0.4, 0.5) is 0 Å². The van der Waals surface area contributed by atoms with Gasteiger partial charge in [-0.2, -0.15) is 0 Å². The maximum Gasteiger partial charge on any atom is 0.227 e. The van der Waals surface area contributed by atoms with E-state index >= 15 is 0 Å². The van der Waals surface area contributed by atoms with Gasteiger partial charge in [0.15, 0.2) is 11.2 Å². The summed E-state index contributed by atoms with van der Waals surface area (Å²) in [4.78, 5) is 9.35. The molecule has 0 unspecified atom stereocenters. The van der Waals surface area contributed by atoms with Crippen LogP contribution >= 0.6 is 0 Å². The number of nitrogens with zero attached hydrogens (tertiary/aromatic N) is 2. The van der Waals surface area contributed by atoms with Gasteiger partial charge in [0.05, 0.1) is 23.0 Å². The lowest BCUT2D eigenvalue weighted by Crippen LogP contribution is -2.01. The molecule has 0 saturated carbocycles. The van der Waals surface area contributed by atoms with Crippen LogP contribution in [0.1, 0.15) is 39.5 Å². The van der Waals surface area contributed by atoms with Crippen LogP contribution in [0.25, 0.3) is 45.1 Å². The first-order valence-corrected chi connectivity index (χ1v) is 16.0. The number of sulfone groups is 1. The first-order chi connectivity index (χ1) is 20.9. The Morgan fingerprint density at radius 2 is 1.02 bits per heavy atom. The number of hydrogen-bond acceptors (Lipinski definition) is 8. The van der Waals surface area contributed by atoms with Crippen molar-refractivity contribution in [3.05, 3.63) is 84.9 Å². The number of fused-ring (bicyclic) bond motifs is 2. The Morgan fingerprint density at radius 3 is 1.42 bits per heavy atom. The molecule has 0 spiro atoms. The number of rotatable bonds is 12. The molecule has 0 fully saturated rings. The second kappa shape index (κ2) is 12.3. The van der Waals surface area contributed by atoms with Gasteiger partial charge in [0.1, 0.15) is 22.5 Å². The number of hydrogen-bond donors (Lipinski definition) is 0. The van der Waals surface area contributed by atoms with E-state index < -0.39 is 9.84 Å². The number of ether oxygens (including phenoxy) is 2. The van der Waals surface area contributed by atoms with Crippen molar-refractivity contribution < 1.29 is 26.7 Å². The molecule has 0 saturated heterocycles. The normalized spacial score (nSPS) is 11.8. The predicted molar refractivity (Wildman–Crippen MR) is 165 cm³/mol. The fourth-order valence-electron chi connectivity index (χ4n) is 4.59. The van der Waals surface area contributed by atoms with E-state index in [1.54, 1.807) is 12.1 Å². The fourth-order valence-corrected chi connectivity index (χ4v) is 5.89. The molecule has 0 N–H and O–H groups in total. The van der Waals surface area contributed by atoms with Crippen LogP contribution in [0.3, 0.4) is 0 Å². The van der Waals surface area contributed by atoms with Crippen molar-refractivity contribution in [2.45, 2.75) is 49.3 Å². The summed E-state index contributed by atoms with van der Waals surface area (Å²) in [7, 11) is -3.86. The molecule has 43 heavy (non-hydrogen) atoms. The third-order valence-electron chi connectivity index (χ3n) is 7.07. The summed E-state index contributed by atoms with van der Waals surface area (Å²) in [5.41, 5.74) is 3.44. The molecule has 9 heteroatoms. The summed E-state index contributed by atoms with van der Waals surface area (Å²) in [6.45, 7) is 5.58. The van der Waals surface area contributed by atoms with Crippen LogP contribution in [0.2, 0.25) is 0 Å². The zero-order valence-corrected chi connectivity index (χ0v) is 24.9. The predicted octanol–water partition coefficient (Wildman–Crippen LogP) is 8.49. The molecule has 2 aromatic heterocycles. The molecule has 6 aromatic rings. The minimum Gasteiger partial charge on any atom is -0.494 e. The highest BCUT2D eigenvalue weighted by molar-refractivity contribution is 7.91. The Labute approximate surface area is 250 Å². The molecule has 0 aliphatic carbocycles. The number of unbranched alkanes of at least 4 members (excludes halogenated alkanes) is 2. The van der Waals surface area contributed by atoms with Gasteiger partial charge in [-0.05, 0) is 97.8 Å². The summed E-state index contributed by atoms with van der Waals surface area (Å²) in [6.07, 6.45) is 4.13. The first-order valence-electron chi connectivity index (χ1n) is 14.5. The number of benzene rings is 4. The molecular weight excluding hydrogens is 564 g/mol. The molecule has 6 rings (SSSR count). The van der Waals surface area contributed by atoms with E-state index in [4.69, 9.17) is 18.3 Å². The molecule has 2 heterocycles. The van der Waals surface area contributed by atoms with E-state index in [1.807, 2.05) is 48.5 Å². The Balaban J connectivity index is 1.22. The van der Waals surface area contributed by atoms with E-state index in [2.05, 4.69) is 23.8 Å². The summed E-state index contributed by atoms with van der Waals surface area (Å²) in [6, 6.07) is 24.4. The lowest BCUT2D eigenvalue weighted by Gasteiger charge is -2.05. The third kappa shape index (κ3) is 6.12. The molecule has 220 valence electrons. The second-order valence-electron chi connectivity index (χ2n) is 10.3. The average molecular weight is 597 g/mol. The summed E-state index contributed by atoms with van der Waals surface area (Å²) < 4.78 is 50.5. The van der Waals surface area contributed by atoms with E-state index in [0.29, 0.717) is 47.2 Å². The topological polar surface area (TPSA) is 105 Å². The van der Waals surface area contributed by atoms with Crippen LogP contribution in [0.5, 0.6) is 11.5 Å². The van der Waals surface area contributed by atoms with E-state index in [0.717, 1.165) is 48.3 Å². The van der Waals surface area contributed by atoms with Crippen molar-refractivity contribution >= 4 is 32.0 Å². The summed E-state index contributed by atoms with van der Waals surface area (Å²) in [5.74, 6) is 2.37. The molecule has 0 aliphatic rings. The minimum absolute atomic E-state index is 0.112. The van der Waals surface area contributed by atoms with Crippen LogP contribution < -0.4 is 9.47 Å². The molecule has 0 bridgehead atoms. The van der Waals surface area contributed by atoms with Crippen LogP contribution in [0.15, 0.2) is 104 Å². The summed E-state index contributed by atoms with van der Waals surface area (Å²) >= 11 is 0. The quantitative estimate of drug-likeness (QED) is 0.130. The average Bonchev–Trinajstić information content (AvgIpc) is 3.66. The van der Waals surface area contributed by atoms with Gasteiger partial charge in [0, 0.05) is 11.1 Å². The molecule has 0 radical (unpaired) electrons. The van der Waals surface area contributed by atoms with Crippen molar-refractivity contribution in [1.29, 1.82) is 0 Å². The Bertz CT molecular complexity index is 1820. The van der Waals surface area contributed by atoms with E-state index in [1.165, 1.54) is 24.3 Å². The highest BCUT2D eigenvalue weighted by Gasteiger charge is 2.21. The van der Waals surface area contributed by atoms with Gasteiger partial charge in [-0.3, -0.25) is 0 Å². The first kappa shape index (κ1) is 28.5. The number of oxazole rings is 2. The van der Waals surface area contributed by atoms with Crippen LogP contribution in [-0.4, -0.2) is 31.6 Å².